The minimum Gasteiger partial charge on any atom is -0.0682 e. The van der Waals surface area contributed by atoms with Crippen LogP contribution in [-0.2, 0) is 10.8 Å². The van der Waals surface area contributed by atoms with E-state index in [0.717, 1.165) is 0 Å². The van der Waals surface area contributed by atoms with Crippen LogP contribution in [0.1, 0.15) is 52.7 Å². The van der Waals surface area contributed by atoms with Gasteiger partial charge in [-0.15, -0.1) is 0 Å². The molecule has 0 nitrogen and oxygen atoms in total. The summed E-state index contributed by atoms with van der Waals surface area (Å²) >= 11 is 0. The molecule has 0 aliphatic rings. The van der Waals surface area contributed by atoms with Crippen molar-refractivity contribution in [1.29, 1.82) is 0 Å². The summed E-state index contributed by atoms with van der Waals surface area (Å²) in [4.78, 5) is 0. The molecule has 0 aromatic heterocycles. The molecule has 0 bridgehead atoms. The molecule has 0 aliphatic heterocycles. The molecule has 1 aromatic carbocycles. The van der Waals surface area contributed by atoms with Gasteiger partial charge in [0.05, 0.1) is 8.80 Å². The van der Waals surface area contributed by atoms with Gasteiger partial charge in [-0.2, -0.15) is 0 Å². The number of hydrogen-bond acceptors (Lipinski definition) is 0. The van der Waals surface area contributed by atoms with Crippen molar-refractivity contribution in [2.75, 3.05) is 0 Å². The first-order valence-electron chi connectivity index (χ1n) is 6.68. The van der Waals surface area contributed by atoms with Gasteiger partial charge in [-0.05, 0) is 22.0 Å². The first-order chi connectivity index (χ1) is 7.51. The average molecular weight is 248 g/mol. The van der Waals surface area contributed by atoms with Crippen LogP contribution in [0.4, 0.5) is 0 Å². The maximum Gasteiger partial charge on any atom is 0.0647 e. The second-order valence-corrected chi connectivity index (χ2v) is 10.5. The van der Waals surface area contributed by atoms with Gasteiger partial charge < -0.3 is 0 Å². The van der Waals surface area contributed by atoms with E-state index < -0.39 is 8.80 Å². The van der Waals surface area contributed by atoms with E-state index in [1.54, 1.807) is 5.19 Å². The predicted octanol–water partition coefficient (Wildman–Crippen LogP) is 3.98. The highest BCUT2D eigenvalue weighted by molar-refractivity contribution is 6.70. The van der Waals surface area contributed by atoms with Crippen LogP contribution in [-0.4, -0.2) is 8.80 Å². The van der Waals surface area contributed by atoms with Crippen molar-refractivity contribution < 1.29 is 0 Å². The van der Waals surface area contributed by atoms with Gasteiger partial charge in [-0.25, -0.2) is 0 Å². The molecule has 0 saturated carbocycles. The first-order valence-corrected chi connectivity index (χ1v) is 9.56. The standard InChI is InChI=1S/C16H28Si/c1-15(2,3)12-9-13(16(4,5)6)11-14(10-12)17(7)8/h9-11,17H,1-8H3. The summed E-state index contributed by atoms with van der Waals surface area (Å²) in [6, 6.07) is 7.28. The minimum atomic E-state index is -0.729. The highest BCUT2D eigenvalue weighted by Gasteiger charge is 2.21. The Hall–Kier alpha value is -0.563. The molecule has 1 aromatic rings. The van der Waals surface area contributed by atoms with E-state index in [-0.39, 0.29) is 10.8 Å². The Bertz CT molecular complexity index is 357. The van der Waals surface area contributed by atoms with Crippen molar-refractivity contribution in [3.8, 4) is 0 Å². The van der Waals surface area contributed by atoms with Crippen LogP contribution in [0.3, 0.4) is 0 Å². The summed E-state index contributed by atoms with van der Waals surface area (Å²) in [6.45, 7) is 18.7. The second-order valence-electron chi connectivity index (χ2n) is 7.50. The van der Waals surface area contributed by atoms with Crippen molar-refractivity contribution >= 4 is 14.0 Å². The van der Waals surface area contributed by atoms with E-state index in [1.807, 2.05) is 0 Å². The lowest BCUT2D eigenvalue weighted by Crippen LogP contribution is -2.28. The Morgan fingerprint density at radius 3 is 1.29 bits per heavy atom. The van der Waals surface area contributed by atoms with Crippen molar-refractivity contribution in [3.63, 3.8) is 0 Å². The lowest BCUT2D eigenvalue weighted by Gasteiger charge is -2.26. The SMILES string of the molecule is C[SiH](C)c1cc(C(C)(C)C)cc(C(C)(C)C)c1. The van der Waals surface area contributed by atoms with Gasteiger partial charge in [0.15, 0.2) is 0 Å². The lowest BCUT2D eigenvalue weighted by atomic mass is 9.81. The Labute approximate surface area is 109 Å². The Morgan fingerprint density at radius 2 is 1.06 bits per heavy atom. The third kappa shape index (κ3) is 3.70. The van der Waals surface area contributed by atoms with Gasteiger partial charge in [0.2, 0.25) is 0 Å². The normalized spacial score (nSPS) is 13.2. The molecule has 0 saturated heterocycles. The molecule has 0 atom stereocenters. The average Bonchev–Trinajstić information content (AvgIpc) is 2.14. The molecule has 0 amide bonds. The summed E-state index contributed by atoms with van der Waals surface area (Å²) in [5, 5.41) is 1.60. The Kier molecular flexibility index (Phi) is 3.93. The fourth-order valence-electron chi connectivity index (χ4n) is 1.85. The van der Waals surface area contributed by atoms with E-state index in [0.29, 0.717) is 0 Å². The zero-order valence-electron chi connectivity index (χ0n) is 12.8. The van der Waals surface area contributed by atoms with Crippen LogP contribution in [0.5, 0.6) is 0 Å². The highest BCUT2D eigenvalue weighted by Crippen LogP contribution is 2.28. The molecule has 0 aliphatic carbocycles. The van der Waals surface area contributed by atoms with Gasteiger partial charge in [-0.1, -0.05) is 78.0 Å². The fourth-order valence-corrected chi connectivity index (χ4v) is 2.88. The van der Waals surface area contributed by atoms with Crippen molar-refractivity contribution in [1.82, 2.24) is 0 Å². The quantitative estimate of drug-likeness (QED) is 0.660. The number of hydrogen-bond donors (Lipinski definition) is 0. The van der Waals surface area contributed by atoms with Crippen molar-refractivity contribution in [2.45, 2.75) is 65.5 Å². The summed E-state index contributed by atoms with van der Waals surface area (Å²) in [5.74, 6) is 0. The van der Waals surface area contributed by atoms with E-state index in [9.17, 15) is 0 Å². The molecule has 0 radical (unpaired) electrons. The van der Waals surface area contributed by atoms with Crippen LogP contribution in [0.2, 0.25) is 13.1 Å². The predicted molar refractivity (Wildman–Crippen MR) is 82.4 cm³/mol. The Balaban J connectivity index is 3.40. The van der Waals surface area contributed by atoms with Crippen molar-refractivity contribution in [2.24, 2.45) is 0 Å². The summed E-state index contributed by atoms with van der Waals surface area (Å²) in [7, 11) is -0.729. The molecule has 1 rings (SSSR count). The van der Waals surface area contributed by atoms with Crippen LogP contribution in [0.15, 0.2) is 18.2 Å². The molecule has 96 valence electrons. The second kappa shape index (κ2) is 4.60. The molecule has 0 unspecified atom stereocenters. The van der Waals surface area contributed by atoms with Crippen LogP contribution in [0.25, 0.3) is 0 Å². The smallest absolute Gasteiger partial charge is 0.0647 e. The fraction of sp³-hybridized carbons (Fsp3) is 0.625. The maximum atomic E-state index is 2.44. The van der Waals surface area contributed by atoms with Gasteiger partial charge in [0, 0.05) is 0 Å². The zero-order valence-corrected chi connectivity index (χ0v) is 14.0. The molecule has 1 heteroatoms. The molecule has 0 heterocycles. The summed E-state index contributed by atoms with van der Waals surface area (Å²) < 4.78 is 0. The van der Waals surface area contributed by atoms with E-state index in [2.05, 4.69) is 72.8 Å². The molecular formula is C16H28Si. The van der Waals surface area contributed by atoms with Gasteiger partial charge in [0.1, 0.15) is 0 Å². The van der Waals surface area contributed by atoms with Crippen LogP contribution < -0.4 is 5.19 Å². The van der Waals surface area contributed by atoms with E-state index >= 15 is 0 Å². The molecular weight excluding hydrogens is 220 g/mol. The van der Waals surface area contributed by atoms with Gasteiger partial charge in [0.25, 0.3) is 0 Å². The monoisotopic (exact) mass is 248 g/mol. The third-order valence-corrected chi connectivity index (χ3v) is 5.02. The van der Waals surface area contributed by atoms with Crippen LogP contribution in [0, 0.1) is 0 Å². The number of benzene rings is 1. The summed E-state index contributed by atoms with van der Waals surface area (Å²) in [5.41, 5.74) is 3.47. The molecule has 0 fully saturated rings. The van der Waals surface area contributed by atoms with Crippen molar-refractivity contribution in [3.05, 3.63) is 29.3 Å². The minimum absolute atomic E-state index is 0.249. The maximum absolute atomic E-state index is 2.44. The molecule has 0 spiro atoms. The van der Waals surface area contributed by atoms with Crippen LogP contribution >= 0.6 is 0 Å². The first kappa shape index (κ1) is 14.5. The summed E-state index contributed by atoms with van der Waals surface area (Å²) in [6.07, 6.45) is 0. The lowest BCUT2D eigenvalue weighted by molar-refractivity contribution is 0.569. The topological polar surface area (TPSA) is 0 Å². The molecule has 0 N–H and O–H groups in total. The number of rotatable bonds is 1. The zero-order chi connectivity index (χ0) is 13.4. The van der Waals surface area contributed by atoms with E-state index in [1.165, 1.54) is 11.1 Å². The third-order valence-electron chi connectivity index (χ3n) is 3.35. The van der Waals surface area contributed by atoms with E-state index in [4.69, 9.17) is 0 Å². The van der Waals surface area contributed by atoms with Gasteiger partial charge >= 0.3 is 0 Å². The Morgan fingerprint density at radius 1 is 0.706 bits per heavy atom. The highest BCUT2D eigenvalue weighted by atomic mass is 28.3. The molecule has 17 heavy (non-hydrogen) atoms. The van der Waals surface area contributed by atoms with Gasteiger partial charge in [-0.3, -0.25) is 0 Å². The largest absolute Gasteiger partial charge is 0.0682 e.